The standard InChI is InChI=1S/C23H19N3O3S2/c27-22-20(31-23(30)24-22)12-17-14-26(13-15-5-2-1-3-6-15)25-21(17)16-7-8-18-19(11-16)29-10-4-9-28-18/h1-3,5-8,11-12,14H,4,9-10,13H2,(H,24,27,30)/b20-12-. The number of hydrogen-bond acceptors (Lipinski definition) is 6. The minimum Gasteiger partial charge on any atom is -0.490 e. The van der Waals surface area contributed by atoms with E-state index in [1.807, 2.05) is 53.4 Å². The van der Waals surface area contributed by atoms with E-state index in [0.717, 1.165) is 34.6 Å². The summed E-state index contributed by atoms with van der Waals surface area (Å²) in [4.78, 5) is 12.8. The molecule has 2 aromatic carbocycles. The van der Waals surface area contributed by atoms with Gasteiger partial charge in [0.2, 0.25) is 0 Å². The number of nitrogens with zero attached hydrogens (tertiary/aromatic N) is 2. The van der Waals surface area contributed by atoms with Crippen LogP contribution in [0.25, 0.3) is 17.3 Å². The molecule has 1 N–H and O–H groups in total. The van der Waals surface area contributed by atoms with Crippen LogP contribution in [0.1, 0.15) is 17.5 Å². The lowest BCUT2D eigenvalue weighted by Crippen LogP contribution is -2.17. The summed E-state index contributed by atoms with van der Waals surface area (Å²) < 4.78 is 14.0. The van der Waals surface area contributed by atoms with E-state index in [1.54, 1.807) is 0 Å². The van der Waals surface area contributed by atoms with Gasteiger partial charge in [0.05, 0.1) is 30.4 Å². The number of carbonyl (C=O) groups is 1. The molecule has 5 rings (SSSR count). The van der Waals surface area contributed by atoms with Crippen LogP contribution in [0, 0.1) is 0 Å². The van der Waals surface area contributed by atoms with E-state index in [-0.39, 0.29) is 5.91 Å². The third kappa shape index (κ3) is 4.35. The number of thioether (sulfide) groups is 1. The zero-order valence-electron chi connectivity index (χ0n) is 16.5. The molecule has 1 amide bonds. The lowest BCUT2D eigenvalue weighted by molar-refractivity contribution is -0.115. The fourth-order valence-corrected chi connectivity index (χ4v) is 4.53. The van der Waals surface area contributed by atoms with E-state index in [0.29, 0.717) is 34.7 Å². The first kappa shape index (κ1) is 19.8. The summed E-state index contributed by atoms with van der Waals surface area (Å²) in [6.45, 7) is 1.88. The molecule has 6 nitrogen and oxygen atoms in total. The van der Waals surface area contributed by atoms with E-state index in [2.05, 4.69) is 17.4 Å². The van der Waals surface area contributed by atoms with Gasteiger partial charge in [-0.25, -0.2) is 0 Å². The van der Waals surface area contributed by atoms with Crippen molar-refractivity contribution in [3.63, 3.8) is 0 Å². The molecule has 0 unspecified atom stereocenters. The zero-order chi connectivity index (χ0) is 21.2. The number of thiocarbonyl (C=S) groups is 1. The van der Waals surface area contributed by atoms with Crippen LogP contribution >= 0.6 is 24.0 Å². The fraction of sp³-hybridized carbons (Fsp3) is 0.174. The Morgan fingerprint density at radius 3 is 2.71 bits per heavy atom. The van der Waals surface area contributed by atoms with E-state index in [4.69, 9.17) is 26.8 Å². The first-order chi connectivity index (χ1) is 15.2. The molecule has 8 heteroatoms. The SMILES string of the molecule is O=C1NC(=S)S/C1=C\c1cn(Cc2ccccc2)nc1-c1ccc2c(c1)OCCCO2. The smallest absolute Gasteiger partial charge is 0.263 e. The molecule has 0 atom stereocenters. The van der Waals surface area contributed by atoms with Crippen LogP contribution in [0.15, 0.2) is 59.6 Å². The van der Waals surface area contributed by atoms with Crippen LogP contribution in [0.2, 0.25) is 0 Å². The second-order valence-corrected chi connectivity index (χ2v) is 8.90. The highest BCUT2D eigenvalue weighted by Gasteiger charge is 2.24. The molecule has 0 saturated carbocycles. The molecule has 3 aromatic rings. The highest BCUT2D eigenvalue weighted by atomic mass is 32.2. The van der Waals surface area contributed by atoms with Crippen LogP contribution in [-0.2, 0) is 11.3 Å². The molecule has 2 aliphatic heterocycles. The van der Waals surface area contributed by atoms with Crippen LogP contribution < -0.4 is 14.8 Å². The molecule has 2 aliphatic rings. The number of benzene rings is 2. The van der Waals surface area contributed by atoms with E-state index < -0.39 is 0 Å². The molecular formula is C23H19N3O3S2. The lowest BCUT2D eigenvalue weighted by Gasteiger charge is -2.09. The van der Waals surface area contributed by atoms with Gasteiger partial charge in [-0.3, -0.25) is 9.48 Å². The minimum atomic E-state index is -0.185. The van der Waals surface area contributed by atoms with Crippen molar-refractivity contribution in [2.24, 2.45) is 0 Å². The Labute approximate surface area is 189 Å². The maximum Gasteiger partial charge on any atom is 0.263 e. The Hall–Kier alpha value is -3.10. The molecule has 0 radical (unpaired) electrons. The van der Waals surface area contributed by atoms with Crippen molar-refractivity contribution in [3.05, 3.63) is 70.8 Å². The fourth-order valence-electron chi connectivity index (χ4n) is 3.49. The van der Waals surface area contributed by atoms with Crippen molar-refractivity contribution >= 4 is 40.3 Å². The monoisotopic (exact) mass is 449 g/mol. The van der Waals surface area contributed by atoms with Crippen LogP contribution in [0.4, 0.5) is 0 Å². The van der Waals surface area contributed by atoms with Gasteiger partial charge in [-0.2, -0.15) is 5.10 Å². The van der Waals surface area contributed by atoms with Crippen molar-refractivity contribution in [3.8, 4) is 22.8 Å². The first-order valence-electron chi connectivity index (χ1n) is 9.92. The van der Waals surface area contributed by atoms with Gasteiger partial charge in [0, 0.05) is 23.7 Å². The highest BCUT2D eigenvalue weighted by molar-refractivity contribution is 8.26. The summed E-state index contributed by atoms with van der Waals surface area (Å²) in [5, 5.41) is 7.50. The molecule has 0 spiro atoms. The Morgan fingerprint density at radius 1 is 1.13 bits per heavy atom. The van der Waals surface area contributed by atoms with Crippen molar-refractivity contribution < 1.29 is 14.3 Å². The predicted molar refractivity (Wildman–Crippen MR) is 125 cm³/mol. The van der Waals surface area contributed by atoms with Gasteiger partial charge in [0.15, 0.2) is 11.5 Å². The number of rotatable bonds is 4. The molecule has 3 heterocycles. The Kier molecular flexibility index (Phi) is 5.48. The number of fused-ring (bicyclic) bond motifs is 1. The van der Waals surface area contributed by atoms with Crippen molar-refractivity contribution in [2.45, 2.75) is 13.0 Å². The zero-order valence-corrected chi connectivity index (χ0v) is 18.2. The topological polar surface area (TPSA) is 65.4 Å². The predicted octanol–water partition coefficient (Wildman–Crippen LogP) is 4.25. The van der Waals surface area contributed by atoms with Gasteiger partial charge in [-0.15, -0.1) is 0 Å². The van der Waals surface area contributed by atoms with Gasteiger partial charge >= 0.3 is 0 Å². The average Bonchev–Trinajstić information content (AvgIpc) is 3.20. The third-order valence-corrected chi connectivity index (χ3v) is 6.09. The average molecular weight is 450 g/mol. The number of aromatic nitrogens is 2. The Morgan fingerprint density at radius 2 is 1.94 bits per heavy atom. The summed E-state index contributed by atoms with van der Waals surface area (Å²) >= 11 is 6.39. The maximum atomic E-state index is 12.2. The molecule has 0 bridgehead atoms. The van der Waals surface area contributed by atoms with Crippen LogP contribution in [-0.4, -0.2) is 33.2 Å². The molecule has 31 heavy (non-hydrogen) atoms. The summed E-state index contributed by atoms with van der Waals surface area (Å²) in [6.07, 6.45) is 4.64. The van der Waals surface area contributed by atoms with Gasteiger partial charge in [-0.05, 0) is 29.8 Å². The second-order valence-electron chi connectivity index (χ2n) is 7.18. The van der Waals surface area contributed by atoms with E-state index >= 15 is 0 Å². The van der Waals surface area contributed by atoms with Gasteiger partial charge < -0.3 is 14.8 Å². The summed E-state index contributed by atoms with van der Waals surface area (Å²) in [6, 6.07) is 16.0. The molecule has 1 aromatic heterocycles. The van der Waals surface area contributed by atoms with Crippen molar-refractivity contribution in [2.75, 3.05) is 13.2 Å². The number of ether oxygens (including phenoxy) is 2. The quantitative estimate of drug-likeness (QED) is 0.475. The molecule has 1 fully saturated rings. The molecule has 1 saturated heterocycles. The summed E-state index contributed by atoms with van der Waals surface area (Å²) in [5.41, 5.74) is 3.65. The Balaban J connectivity index is 1.56. The van der Waals surface area contributed by atoms with E-state index in [1.165, 1.54) is 11.8 Å². The molecule has 0 aliphatic carbocycles. The van der Waals surface area contributed by atoms with E-state index in [9.17, 15) is 4.79 Å². The molecule has 156 valence electrons. The minimum absolute atomic E-state index is 0.185. The number of nitrogens with one attached hydrogen (secondary N) is 1. The highest BCUT2D eigenvalue weighted by Crippen LogP contribution is 2.36. The van der Waals surface area contributed by atoms with Crippen LogP contribution in [0.3, 0.4) is 0 Å². The number of carbonyl (C=O) groups excluding carboxylic acids is 1. The number of amides is 1. The first-order valence-corrected chi connectivity index (χ1v) is 11.1. The Bertz CT molecular complexity index is 1190. The number of hydrogen-bond donors (Lipinski definition) is 1. The largest absolute Gasteiger partial charge is 0.490 e. The maximum absolute atomic E-state index is 12.2. The van der Waals surface area contributed by atoms with Gasteiger partial charge in [-0.1, -0.05) is 54.3 Å². The third-order valence-electron chi connectivity index (χ3n) is 4.93. The van der Waals surface area contributed by atoms with Gasteiger partial charge in [0.1, 0.15) is 4.32 Å². The van der Waals surface area contributed by atoms with Crippen molar-refractivity contribution in [1.82, 2.24) is 15.1 Å². The van der Waals surface area contributed by atoms with Crippen LogP contribution in [0.5, 0.6) is 11.5 Å². The van der Waals surface area contributed by atoms with Gasteiger partial charge in [0.25, 0.3) is 5.91 Å². The lowest BCUT2D eigenvalue weighted by atomic mass is 10.1. The molecular weight excluding hydrogens is 430 g/mol. The summed E-state index contributed by atoms with van der Waals surface area (Å²) in [7, 11) is 0. The normalized spacial score (nSPS) is 17.0. The van der Waals surface area contributed by atoms with Crippen molar-refractivity contribution in [1.29, 1.82) is 0 Å². The summed E-state index contributed by atoms with van der Waals surface area (Å²) in [5.74, 6) is 1.26. The second kappa shape index (κ2) is 8.56.